The predicted octanol–water partition coefficient (Wildman–Crippen LogP) is 0.701. The van der Waals surface area contributed by atoms with Crippen molar-refractivity contribution in [3.63, 3.8) is 0 Å². The molecule has 0 aromatic heterocycles. The largest absolute Gasteiger partial charge is 0.370 e. The standard InChI is InChI=1S/C12H25N3O/c1-10-4-3-6-12(8-10,9-13)15(2)7-5-11(14)16/h10H,3-9,13H2,1-2H3,(H2,14,16). The van der Waals surface area contributed by atoms with Gasteiger partial charge in [-0.3, -0.25) is 9.69 Å². The van der Waals surface area contributed by atoms with Crippen LogP contribution in [0, 0.1) is 5.92 Å². The van der Waals surface area contributed by atoms with Crippen molar-refractivity contribution in [1.29, 1.82) is 0 Å². The average molecular weight is 227 g/mol. The number of primary amides is 1. The molecule has 0 radical (unpaired) electrons. The van der Waals surface area contributed by atoms with Crippen LogP contribution in [0.5, 0.6) is 0 Å². The molecule has 1 aliphatic rings. The van der Waals surface area contributed by atoms with E-state index in [1.165, 1.54) is 12.8 Å². The van der Waals surface area contributed by atoms with Crippen LogP contribution in [0.3, 0.4) is 0 Å². The van der Waals surface area contributed by atoms with E-state index in [4.69, 9.17) is 11.5 Å². The molecule has 1 aliphatic carbocycles. The Balaban J connectivity index is 2.59. The van der Waals surface area contributed by atoms with E-state index in [0.29, 0.717) is 13.0 Å². The van der Waals surface area contributed by atoms with Gasteiger partial charge in [-0.15, -0.1) is 0 Å². The number of carbonyl (C=O) groups excluding carboxylic acids is 1. The molecule has 1 saturated carbocycles. The minimum atomic E-state index is -0.233. The number of carbonyl (C=O) groups is 1. The summed E-state index contributed by atoms with van der Waals surface area (Å²) in [5.41, 5.74) is 11.2. The predicted molar refractivity (Wildman–Crippen MR) is 65.9 cm³/mol. The normalized spacial score (nSPS) is 30.6. The summed E-state index contributed by atoms with van der Waals surface area (Å²) >= 11 is 0. The second-order valence-electron chi connectivity index (χ2n) is 5.27. The van der Waals surface area contributed by atoms with Crippen molar-refractivity contribution in [3.05, 3.63) is 0 Å². The minimum Gasteiger partial charge on any atom is -0.370 e. The Morgan fingerprint density at radius 3 is 2.75 bits per heavy atom. The molecule has 4 heteroatoms. The molecular formula is C12H25N3O. The third kappa shape index (κ3) is 3.19. The quantitative estimate of drug-likeness (QED) is 0.726. The van der Waals surface area contributed by atoms with Crippen molar-refractivity contribution in [2.75, 3.05) is 20.1 Å². The van der Waals surface area contributed by atoms with E-state index in [1.807, 2.05) is 0 Å². The molecule has 0 aromatic rings. The van der Waals surface area contributed by atoms with Crippen molar-refractivity contribution in [2.24, 2.45) is 17.4 Å². The van der Waals surface area contributed by atoms with E-state index >= 15 is 0 Å². The zero-order valence-electron chi connectivity index (χ0n) is 10.5. The Labute approximate surface area is 98.3 Å². The molecule has 0 bridgehead atoms. The monoisotopic (exact) mass is 227 g/mol. The topological polar surface area (TPSA) is 72.3 Å². The summed E-state index contributed by atoms with van der Waals surface area (Å²) in [4.78, 5) is 13.1. The Morgan fingerprint density at radius 2 is 2.25 bits per heavy atom. The molecule has 2 atom stereocenters. The fourth-order valence-electron chi connectivity index (χ4n) is 2.84. The highest BCUT2D eigenvalue weighted by Gasteiger charge is 2.36. The molecule has 0 aliphatic heterocycles. The summed E-state index contributed by atoms with van der Waals surface area (Å²) in [6.45, 7) is 3.68. The lowest BCUT2D eigenvalue weighted by Crippen LogP contribution is -2.55. The molecule has 0 spiro atoms. The van der Waals surface area contributed by atoms with E-state index in [2.05, 4.69) is 18.9 Å². The minimum absolute atomic E-state index is 0.0904. The van der Waals surface area contributed by atoms with Gasteiger partial charge in [0.1, 0.15) is 0 Å². The lowest BCUT2D eigenvalue weighted by atomic mass is 9.75. The van der Waals surface area contributed by atoms with Crippen LogP contribution in [0.15, 0.2) is 0 Å². The summed E-state index contributed by atoms with van der Waals surface area (Å²) in [6, 6.07) is 0. The van der Waals surface area contributed by atoms with Gasteiger partial charge in [-0.05, 0) is 25.8 Å². The maximum Gasteiger partial charge on any atom is 0.218 e. The third-order valence-electron chi connectivity index (χ3n) is 3.95. The van der Waals surface area contributed by atoms with Gasteiger partial charge in [0, 0.05) is 25.0 Å². The van der Waals surface area contributed by atoms with E-state index < -0.39 is 0 Å². The van der Waals surface area contributed by atoms with E-state index in [-0.39, 0.29) is 11.4 Å². The first-order valence-corrected chi connectivity index (χ1v) is 6.20. The van der Waals surface area contributed by atoms with Gasteiger partial charge in [0.05, 0.1) is 0 Å². The van der Waals surface area contributed by atoms with Gasteiger partial charge >= 0.3 is 0 Å². The Bertz CT molecular complexity index is 244. The van der Waals surface area contributed by atoms with Crippen molar-refractivity contribution < 1.29 is 4.79 Å². The van der Waals surface area contributed by atoms with Gasteiger partial charge in [-0.2, -0.15) is 0 Å². The number of nitrogens with two attached hydrogens (primary N) is 2. The summed E-state index contributed by atoms with van der Waals surface area (Å²) in [5, 5.41) is 0. The van der Waals surface area contributed by atoms with Gasteiger partial charge in [0.15, 0.2) is 0 Å². The second-order valence-corrected chi connectivity index (χ2v) is 5.27. The number of hydrogen-bond acceptors (Lipinski definition) is 3. The molecule has 94 valence electrons. The number of hydrogen-bond donors (Lipinski definition) is 2. The molecule has 1 amide bonds. The van der Waals surface area contributed by atoms with Gasteiger partial charge in [-0.1, -0.05) is 19.8 Å². The average Bonchev–Trinajstić information content (AvgIpc) is 2.25. The van der Waals surface area contributed by atoms with Gasteiger partial charge in [-0.25, -0.2) is 0 Å². The maximum atomic E-state index is 10.8. The van der Waals surface area contributed by atoms with Crippen molar-refractivity contribution in [2.45, 2.75) is 44.6 Å². The van der Waals surface area contributed by atoms with Gasteiger partial charge in [0.25, 0.3) is 0 Å². The van der Waals surface area contributed by atoms with Crippen molar-refractivity contribution in [3.8, 4) is 0 Å². The number of amides is 1. The van der Waals surface area contributed by atoms with Crippen molar-refractivity contribution >= 4 is 5.91 Å². The Morgan fingerprint density at radius 1 is 1.56 bits per heavy atom. The fraction of sp³-hybridized carbons (Fsp3) is 0.917. The molecule has 1 fully saturated rings. The highest BCUT2D eigenvalue weighted by molar-refractivity contribution is 5.73. The summed E-state index contributed by atoms with van der Waals surface area (Å²) < 4.78 is 0. The highest BCUT2D eigenvalue weighted by Crippen LogP contribution is 2.35. The van der Waals surface area contributed by atoms with Crippen LogP contribution in [0.4, 0.5) is 0 Å². The smallest absolute Gasteiger partial charge is 0.218 e. The Kier molecular flexibility index (Phi) is 4.74. The van der Waals surface area contributed by atoms with Gasteiger partial charge in [0.2, 0.25) is 5.91 Å². The summed E-state index contributed by atoms with van der Waals surface area (Å²) in [7, 11) is 2.06. The molecule has 1 rings (SSSR count). The van der Waals surface area contributed by atoms with Crippen molar-refractivity contribution in [1.82, 2.24) is 4.90 Å². The molecule has 4 nitrogen and oxygen atoms in total. The van der Waals surface area contributed by atoms with E-state index in [9.17, 15) is 4.79 Å². The lowest BCUT2D eigenvalue weighted by molar-refractivity contribution is -0.118. The molecule has 16 heavy (non-hydrogen) atoms. The van der Waals surface area contributed by atoms with Gasteiger partial charge < -0.3 is 11.5 Å². The molecule has 0 aromatic carbocycles. The lowest BCUT2D eigenvalue weighted by Gasteiger charge is -2.46. The SMILES string of the molecule is CC1CCCC(CN)(N(C)CCC(N)=O)C1. The highest BCUT2D eigenvalue weighted by atomic mass is 16.1. The van der Waals surface area contributed by atoms with E-state index in [0.717, 1.165) is 25.3 Å². The first-order chi connectivity index (χ1) is 7.50. The fourth-order valence-corrected chi connectivity index (χ4v) is 2.84. The molecule has 0 saturated heterocycles. The second kappa shape index (κ2) is 5.64. The van der Waals surface area contributed by atoms with Crippen LogP contribution in [0.2, 0.25) is 0 Å². The number of nitrogens with zero attached hydrogens (tertiary/aromatic N) is 1. The van der Waals surface area contributed by atoms with Crippen LogP contribution in [-0.4, -0.2) is 36.5 Å². The third-order valence-corrected chi connectivity index (χ3v) is 3.95. The number of rotatable bonds is 5. The van der Waals surface area contributed by atoms with Crippen LogP contribution < -0.4 is 11.5 Å². The molecule has 2 unspecified atom stereocenters. The van der Waals surface area contributed by atoms with E-state index in [1.54, 1.807) is 0 Å². The number of likely N-dealkylation sites (N-methyl/N-ethyl adjacent to an activating group) is 1. The molecule has 4 N–H and O–H groups in total. The summed E-state index contributed by atoms with van der Waals surface area (Å²) in [6.07, 6.45) is 5.24. The first kappa shape index (κ1) is 13.5. The van der Waals surface area contributed by atoms with Crippen LogP contribution in [0.25, 0.3) is 0 Å². The zero-order chi connectivity index (χ0) is 12.2. The Hall–Kier alpha value is -0.610. The molecule has 0 heterocycles. The maximum absolute atomic E-state index is 10.8. The first-order valence-electron chi connectivity index (χ1n) is 6.20. The zero-order valence-corrected chi connectivity index (χ0v) is 10.5. The molecular weight excluding hydrogens is 202 g/mol. The van der Waals surface area contributed by atoms with Crippen LogP contribution in [0.1, 0.15) is 39.0 Å². The summed E-state index contributed by atoms with van der Waals surface area (Å²) in [5.74, 6) is 0.496. The van der Waals surface area contributed by atoms with Crippen LogP contribution >= 0.6 is 0 Å². The van der Waals surface area contributed by atoms with Crippen LogP contribution in [-0.2, 0) is 4.79 Å².